The molecule has 0 aliphatic rings. The number of aliphatic hydroxyl groups is 1. The number of nitrogens with one attached hydrogen (secondary N) is 8. The van der Waals surface area contributed by atoms with Crippen molar-refractivity contribution in [1.29, 1.82) is 0 Å². The van der Waals surface area contributed by atoms with Crippen LogP contribution in [0.15, 0.2) is 0 Å². The van der Waals surface area contributed by atoms with Crippen LogP contribution in [0.3, 0.4) is 0 Å². The number of hydrogen-bond acceptors (Lipinski definition) is 19. The lowest BCUT2D eigenvalue weighted by atomic mass is 9.93. The average Bonchev–Trinajstić information content (AvgIpc) is 3.19. The topological polar surface area (TPSA) is 465 Å². The van der Waals surface area contributed by atoms with E-state index in [-0.39, 0.29) is 117 Å². The first-order chi connectivity index (χ1) is 41.6. The van der Waals surface area contributed by atoms with E-state index < -0.39 is 115 Å². The van der Waals surface area contributed by atoms with Crippen LogP contribution in [0.25, 0.3) is 0 Å². The van der Waals surface area contributed by atoms with Gasteiger partial charge in [-0.25, -0.2) is 14.4 Å². The van der Waals surface area contributed by atoms with Gasteiger partial charge in [-0.2, -0.15) is 0 Å². The van der Waals surface area contributed by atoms with E-state index in [0.717, 1.165) is 51.4 Å². The molecule has 87 heavy (non-hydrogen) atoms. The predicted octanol–water partition coefficient (Wildman–Crippen LogP) is -0.0719. The number of carbonyl (C=O) groups excluding carboxylic acids is 8. The molecule has 0 aromatic heterocycles. The SMILES string of the molecule is CNC(C=O)(CCCCNC(=O)CCC(NC(=O)CCC(NC(=O)COCCOCCNC(=O)COCCOCCNC(=O)CCC(NC(=O)CCCCCCCCCCCCCCCCC(=O)O)C(=O)O)C(=O)O)C(=O)O)CNC(C(N)=O)C(C)O. The zero-order valence-electron chi connectivity index (χ0n) is 51.0. The van der Waals surface area contributed by atoms with Crippen molar-refractivity contribution < 1.29 is 102 Å². The number of amides is 7. The Morgan fingerprint density at radius 3 is 1.25 bits per heavy atom. The van der Waals surface area contributed by atoms with Crippen LogP contribution in [0, 0.1) is 0 Å². The van der Waals surface area contributed by atoms with Gasteiger partial charge in [0.2, 0.25) is 41.4 Å². The van der Waals surface area contributed by atoms with Crippen LogP contribution >= 0.6 is 0 Å². The highest BCUT2D eigenvalue weighted by Gasteiger charge is 2.31. The largest absolute Gasteiger partial charge is 0.481 e. The zero-order chi connectivity index (χ0) is 65.1. The highest BCUT2D eigenvalue weighted by molar-refractivity contribution is 5.87. The minimum atomic E-state index is -1.51. The number of carboxylic acids is 4. The van der Waals surface area contributed by atoms with Crippen molar-refractivity contribution in [2.24, 2.45) is 5.73 Å². The quantitative estimate of drug-likeness (QED) is 0.0280. The molecular weight excluding hydrogens is 1150 g/mol. The maximum absolute atomic E-state index is 12.6. The predicted molar refractivity (Wildman–Crippen MR) is 315 cm³/mol. The van der Waals surface area contributed by atoms with Crippen molar-refractivity contribution in [3.63, 3.8) is 0 Å². The number of carboxylic acid groups (broad SMARTS) is 4. The summed E-state index contributed by atoms with van der Waals surface area (Å²) in [6.07, 6.45) is 14.3. The lowest BCUT2D eigenvalue weighted by molar-refractivity contribution is -0.144. The number of aldehydes is 1. The molecule has 0 heterocycles. The van der Waals surface area contributed by atoms with Gasteiger partial charge in [-0.3, -0.25) is 38.4 Å². The molecule has 0 aromatic carbocycles. The molecule has 0 aliphatic heterocycles. The molecule has 0 saturated heterocycles. The van der Waals surface area contributed by atoms with Crippen LogP contribution in [-0.2, 0) is 76.5 Å². The summed E-state index contributed by atoms with van der Waals surface area (Å²) in [5.74, 6) is -8.95. The standard InChI is InChI=1S/C57H101N9O21/c1-41(68)52(53(58)77)63-39-57(40-67,59-2)27-17-18-28-60-45(69)24-21-43(55(80)81)65-48(72)26-23-44(56(82)83)66-50(74)38-87-36-34-85-32-30-62-49(73)37-86-35-33-84-31-29-61-46(70)25-22-42(54(78)79)64-47(71)19-15-13-11-9-7-5-3-4-6-8-10-12-14-16-20-51(75)76/h40-44,52,59,63,68H,3-39H2,1-2H3,(H2,58,77)(H,60,69)(H,61,70)(H,62,73)(H,64,71)(H,65,72)(H,66,74)(H,75,76)(H,78,79)(H,80,81)(H,82,83). The maximum atomic E-state index is 12.6. The van der Waals surface area contributed by atoms with Crippen LogP contribution in [-0.4, -0.2) is 219 Å². The fourth-order valence-corrected chi connectivity index (χ4v) is 8.63. The Bertz CT molecular complexity index is 2040. The fraction of sp³-hybridized carbons (Fsp3) is 0.789. The first kappa shape index (κ1) is 80.6. The normalized spacial score (nSPS) is 13.6. The summed E-state index contributed by atoms with van der Waals surface area (Å²) in [4.78, 5) is 143. The first-order valence-corrected chi connectivity index (χ1v) is 30.3. The Morgan fingerprint density at radius 1 is 0.460 bits per heavy atom. The Morgan fingerprint density at radius 2 is 0.839 bits per heavy atom. The number of carbonyl (C=O) groups is 12. The van der Waals surface area contributed by atoms with Crippen molar-refractivity contribution >= 4 is 71.5 Å². The minimum Gasteiger partial charge on any atom is -0.481 e. The molecule has 0 aromatic rings. The van der Waals surface area contributed by atoms with Crippen LogP contribution in [0.5, 0.6) is 0 Å². The van der Waals surface area contributed by atoms with E-state index in [4.69, 9.17) is 29.8 Å². The zero-order valence-corrected chi connectivity index (χ0v) is 51.0. The molecule has 0 radical (unpaired) electrons. The van der Waals surface area contributed by atoms with E-state index >= 15 is 0 Å². The number of unbranched alkanes of at least 4 members (excludes halogenated alkanes) is 14. The summed E-state index contributed by atoms with van der Waals surface area (Å²) in [7, 11) is 1.56. The lowest BCUT2D eigenvalue weighted by Gasteiger charge is -2.30. The van der Waals surface area contributed by atoms with Crippen LogP contribution in [0.4, 0.5) is 0 Å². The molecule has 0 saturated carbocycles. The average molecular weight is 1250 g/mol. The second kappa shape index (κ2) is 51.6. The molecule has 30 heteroatoms. The fourth-order valence-electron chi connectivity index (χ4n) is 8.63. The lowest BCUT2D eigenvalue weighted by Crippen LogP contribution is -2.58. The van der Waals surface area contributed by atoms with Crippen molar-refractivity contribution in [3.05, 3.63) is 0 Å². The number of aliphatic hydroxyl groups excluding tert-OH is 1. The van der Waals surface area contributed by atoms with Crippen LogP contribution < -0.4 is 48.3 Å². The van der Waals surface area contributed by atoms with Gasteiger partial charge < -0.3 is 97.5 Å². The van der Waals surface area contributed by atoms with Crippen molar-refractivity contribution in [3.8, 4) is 0 Å². The van der Waals surface area contributed by atoms with Crippen molar-refractivity contribution in [2.75, 3.05) is 86.1 Å². The summed E-state index contributed by atoms with van der Waals surface area (Å²) in [6.45, 7) is 1.41. The number of hydrogen-bond donors (Lipinski definition) is 14. The van der Waals surface area contributed by atoms with Crippen LogP contribution in [0.1, 0.15) is 167 Å². The van der Waals surface area contributed by atoms with Gasteiger partial charge in [0.05, 0.1) is 51.3 Å². The minimum absolute atomic E-state index is 0.00601. The number of ether oxygens (including phenoxy) is 4. The van der Waals surface area contributed by atoms with Gasteiger partial charge in [-0.1, -0.05) is 77.0 Å². The van der Waals surface area contributed by atoms with Crippen LogP contribution in [0.2, 0.25) is 0 Å². The maximum Gasteiger partial charge on any atom is 0.326 e. The van der Waals surface area contributed by atoms with E-state index in [2.05, 4.69) is 42.5 Å². The summed E-state index contributed by atoms with van der Waals surface area (Å²) < 4.78 is 21.2. The van der Waals surface area contributed by atoms with E-state index in [1.807, 2.05) is 0 Å². The van der Waals surface area contributed by atoms with E-state index in [0.29, 0.717) is 32.0 Å². The highest BCUT2D eigenvalue weighted by Crippen LogP contribution is 2.15. The van der Waals surface area contributed by atoms with Gasteiger partial charge in [0.15, 0.2) is 0 Å². The molecule has 0 spiro atoms. The number of rotatable bonds is 60. The van der Waals surface area contributed by atoms with Crippen molar-refractivity contribution in [1.82, 2.24) is 42.5 Å². The van der Waals surface area contributed by atoms with Gasteiger partial charge in [-0.05, 0) is 65.3 Å². The summed E-state index contributed by atoms with van der Waals surface area (Å²) >= 11 is 0. The second-order valence-corrected chi connectivity index (χ2v) is 21.2. The molecule has 15 N–H and O–H groups in total. The number of nitrogens with two attached hydrogens (primary N) is 1. The number of primary amides is 1. The van der Waals surface area contributed by atoms with E-state index in [9.17, 15) is 78.0 Å². The molecule has 0 fully saturated rings. The molecule has 6 unspecified atom stereocenters. The molecule has 7 amide bonds. The Balaban J connectivity index is 4.10. The Kier molecular flexibility index (Phi) is 47.8. The third-order valence-corrected chi connectivity index (χ3v) is 13.8. The molecule has 30 nitrogen and oxygen atoms in total. The smallest absolute Gasteiger partial charge is 0.326 e. The van der Waals surface area contributed by atoms with Crippen molar-refractivity contribution in [2.45, 2.75) is 203 Å². The van der Waals surface area contributed by atoms with Gasteiger partial charge in [0.1, 0.15) is 43.7 Å². The first-order valence-electron chi connectivity index (χ1n) is 30.3. The molecule has 6 atom stereocenters. The Hall–Kier alpha value is -6.44. The second-order valence-electron chi connectivity index (χ2n) is 21.2. The summed E-state index contributed by atoms with van der Waals surface area (Å²) in [5.41, 5.74) is 4.21. The third-order valence-electron chi connectivity index (χ3n) is 13.8. The van der Waals surface area contributed by atoms with E-state index in [1.54, 1.807) is 7.05 Å². The van der Waals surface area contributed by atoms with Gasteiger partial charge in [0, 0.05) is 58.3 Å². The molecule has 0 bridgehead atoms. The molecule has 0 aliphatic carbocycles. The number of likely N-dealkylation sites (N-methyl/N-ethyl adjacent to an activating group) is 1. The summed E-state index contributed by atoms with van der Waals surface area (Å²) in [6, 6.07) is -5.25. The monoisotopic (exact) mass is 1250 g/mol. The Labute approximate surface area is 509 Å². The third kappa shape index (κ3) is 45.5. The summed E-state index contributed by atoms with van der Waals surface area (Å²) in [5, 5.41) is 67.7. The molecule has 500 valence electrons. The van der Waals surface area contributed by atoms with Gasteiger partial charge in [0.25, 0.3) is 0 Å². The van der Waals surface area contributed by atoms with Gasteiger partial charge >= 0.3 is 23.9 Å². The number of aliphatic carboxylic acids is 4. The van der Waals surface area contributed by atoms with E-state index in [1.165, 1.54) is 39.0 Å². The highest BCUT2D eigenvalue weighted by atomic mass is 16.5. The van der Waals surface area contributed by atoms with Gasteiger partial charge in [-0.15, -0.1) is 0 Å². The molecular formula is C57H101N9O21. The molecule has 0 rings (SSSR count).